The quantitative estimate of drug-likeness (QED) is 0.902. The number of rotatable bonds is 5. The molecule has 2 rings (SSSR count). The molecule has 0 aromatic heterocycles. The SMILES string of the molecule is CNCC1CC(OCc2cc(F)ccc2Br)C1. The number of benzene rings is 1. The van der Waals surface area contributed by atoms with Gasteiger partial charge in [-0.25, -0.2) is 4.39 Å². The van der Waals surface area contributed by atoms with E-state index in [2.05, 4.69) is 21.2 Å². The van der Waals surface area contributed by atoms with E-state index >= 15 is 0 Å². The van der Waals surface area contributed by atoms with Gasteiger partial charge in [-0.15, -0.1) is 0 Å². The third-order valence-electron chi connectivity index (χ3n) is 3.17. The van der Waals surface area contributed by atoms with E-state index in [0.717, 1.165) is 35.3 Å². The Morgan fingerprint density at radius 3 is 2.94 bits per heavy atom. The van der Waals surface area contributed by atoms with E-state index in [-0.39, 0.29) is 5.82 Å². The van der Waals surface area contributed by atoms with Gasteiger partial charge in [-0.05, 0) is 56.1 Å². The predicted molar refractivity (Wildman–Crippen MR) is 69.3 cm³/mol. The van der Waals surface area contributed by atoms with Gasteiger partial charge in [0, 0.05) is 4.47 Å². The zero-order chi connectivity index (χ0) is 12.3. The van der Waals surface area contributed by atoms with E-state index in [1.165, 1.54) is 12.1 Å². The van der Waals surface area contributed by atoms with Crippen LogP contribution in [-0.4, -0.2) is 19.7 Å². The summed E-state index contributed by atoms with van der Waals surface area (Å²) in [5.74, 6) is 0.523. The molecule has 0 aliphatic heterocycles. The van der Waals surface area contributed by atoms with Crippen molar-refractivity contribution in [3.8, 4) is 0 Å². The van der Waals surface area contributed by atoms with Crippen molar-refractivity contribution in [2.75, 3.05) is 13.6 Å². The van der Waals surface area contributed by atoms with Gasteiger partial charge < -0.3 is 10.1 Å². The second-order valence-corrected chi connectivity index (χ2v) is 5.42. The molecular weight excluding hydrogens is 285 g/mol. The summed E-state index contributed by atoms with van der Waals surface area (Å²) in [6.45, 7) is 1.54. The topological polar surface area (TPSA) is 21.3 Å². The second kappa shape index (κ2) is 5.94. The van der Waals surface area contributed by atoms with Crippen LogP contribution in [0.5, 0.6) is 0 Å². The molecule has 1 N–H and O–H groups in total. The highest BCUT2D eigenvalue weighted by molar-refractivity contribution is 9.10. The lowest BCUT2D eigenvalue weighted by molar-refractivity contribution is -0.0393. The minimum atomic E-state index is -0.214. The average molecular weight is 302 g/mol. The van der Waals surface area contributed by atoms with E-state index in [4.69, 9.17) is 4.74 Å². The molecule has 2 nitrogen and oxygen atoms in total. The Morgan fingerprint density at radius 2 is 2.24 bits per heavy atom. The first-order chi connectivity index (χ1) is 8.19. The fourth-order valence-electron chi connectivity index (χ4n) is 2.13. The molecule has 1 aliphatic carbocycles. The number of nitrogens with one attached hydrogen (secondary N) is 1. The summed E-state index contributed by atoms with van der Waals surface area (Å²) in [6, 6.07) is 4.69. The summed E-state index contributed by atoms with van der Waals surface area (Å²) in [5, 5.41) is 3.17. The van der Waals surface area contributed by atoms with Crippen molar-refractivity contribution in [3.05, 3.63) is 34.1 Å². The smallest absolute Gasteiger partial charge is 0.123 e. The highest BCUT2D eigenvalue weighted by Crippen LogP contribution is 2.30. The molecule has 0 saturated heterocycles. The molecule has 0 heterocycles. The summed E-state index contributed by atoms with van der Waals surface area (Å²) in [5.41, 5.74) is 0.877. The van der Waals surface area contributed by atoms with Crippen LogP contribution in [0.15, 0.2) is 22.7 Å². The van der Waals surface area contributed by atoms with Crippen LogP contribution in [0, 0.1) is 11.7 Å². The summed E-state index contributed by atoms with van der Waals surface area (Å²) in [6.07, 6.45) is 2.55. The molecule has 0 amide bonds. The Bertz CT molecular complexity index is 380. The molecule has 1 saturated carbocycles. The Kier molecular flexibility index (Phi) is 4.54. The lowest BCUT2D eigenvalue weighted by Crippen LogP contribution is -2.36. The molecule has 0 spiro atoms. The normalized spacial score (nSPS) is 23.5. The van der Waals surface area contributed by atoms with Crippen LogP contribution in [-0.2, 0) is 11.3 Å². The first-order valence-corrected chi connectivity index (χ1v) is 6.68. The second-order valence-electron chi connectivity index (χ2n) is 4.56. The van der Waals surface area contributed by atoms with E-state index in [9.17, 15) is 4.39 Å². The van der Waals surface area contributed by atoms with Crippen LogP contribution in [0.1, 0.15) is 18.4 Å². The molecule has 1 aliphatic rings. The molecule has 1 aromatic carbocycles. The van der Waals surface area contributed by atoms with Crippen molar-refractivity contribution in [2.45, 2.75) is 25.6 Å². The Balaban J connectivity index is 1.77. The molecule has 1 aromatic rings. The molecule has 17 heavy (non-hydrogen) atoms. The summed E-state index contributed by atoms with van der Waals surface area (Å²) >= 11 is 3.40. The van der Waals surface area contributed by atoms with Gasteiger partial charge in [0.05, 0.1) is 12.7 Å². The van der Waals surface area contributed by atoms with Gasteiger partial charge in [-0.3, -0.25) is 0 Å². The van der Waals surface area contributed by atoms with Gasteiger partial charge >= 0.3 is 0 Å². The van der Waals surface area contributed by atoms with E-state index < -0.39 is 0 Å². The summed E-state index contributed by atoms with van der Waals surface area (Å²) < 4.78 is 19.7. The molecule has 1 fully saturated rings. The number of hydrogen-bond donors (Lipinski definition) is 1. The maximum Gasteiger partial charge on any atom is 0.123 e. The average Bonchev–Trinajstić information content (AvgIpc) is 2.26. The van der Waals surface area contributed by atoms with Crippen molar-refractivity contribution in [2.24, 2.45) is 5.92 Å². The van der Waals surface area contributed by atoms with Crippen molar-refractivity contribution in [1.29, 1.82) is 0 Å². The van der Waals surface area contributed by atoms with Crippen LogP contribution in [0.3, 0.4) is 0 Å². The Morgan fingerprint density at radius 1 is 1.47 bits per heavy atom. The van der Waals surface area contributed by atoms with Crippen LogP contribution >= 0.6 is 15.9 Å². The van der Waals surface area contributed by atoms with E-state index in [0.29, 0.717) is 12.7 Å². The largest absolute Gasteiger partial charge is 0.373 e. The maximum absolute atomic E-state index is 13.0. The third kappa shape index (κ3) is 3.50. The fourth-order valence-corrected chi connectivity index (χ4v) is 2.49. The van der Waals surface area contributed by atoms with Crippen molar-refractivity contribution < 1.29 is 9.13 Å². The van der Waals surface area contributed by atoms with Gasteiger partial charge in [0.15, 0.2) is 0 Å². The molecule has 0 unspecified atom stereocenters. The number of halogens is 2. The van der Waals surface area contributed by atoms with Gasteiger partial charge in [-0.2, -0.15) is 0 Å². The number of hydrogen-bond acceptors (Lipinski definition) is 2. The standard InChI is InChI=1S/C13H17BrFNO/c1-16-7-9-4-12(5-9)17-8-10-6-11(15)2-3-13(10)14/h2-3,6,9,12,16H,4-5,7-8H2,1H3. The van der Waals surface area contributed by atoms with Gasteiger partial charge in [0.2, 0.25) is 0 Å². The van der Waals surface area contributed by atoms with Crippen LogP contribution in [0.4, 0.5) is 4.39 Å². The molecular formula is C13H17BrFNO. The van der Waals surface area contributed by atoms with Crippen molar-refractivity contribution >= 4 is 15.9 Å². The molecule has 4 heteroatoms. The Labute approximate surface area is 110 Å². The van der Waals surface area contributed by atoms with Gasteiger partial charge in [-0.1, -0.05) is 15.9 Å². The third-order valence-corrected chi connectivity index (χ3v) is 3.94. The van der Waals surface area contributed by atoms with Crippen molar-refractivity contribution in [3.63, 3.8) is 0 Å². The maximum atomic E-state index is 13.0. The minimum absolute atomic E-state index is 0.214. The van der Waals surface area contributed by atoms with E-state index in [1.54, 1.807) is 6.07 Å². The molecule has 94 valence electrons. The molecule has 0 radical (unpaired) electrons. The summed E-state index contributed by atoms with van der Waals surface area (Å²) in [4.78, 5) is 0. The predicted octanol–water partition coefficient (Wildman–Crippen LogP) is 3.10. The van der Waals surface area contributed by atoms with Crippen LogP contribution in [0.2, 0.25) is 0 Å². The Hall–Kier alpha value is -0.450. The van der Waals surface area contributed by atoms with Gasteiger partial charge in [0.25, 0.3) is 0 Å². The highest BCUT2D eigenvalue weighted by atomic mass is 79.9. The van der Waals surface area contributed by atoms with Crippen molar-refractivity contribution in [1.82, 2.24) is 5.32 Å². The van der Waals surface area contributed by atoms with Crippen LogP contribution < -0.4 is 5.32 Å². The zero-order valence-corrected chi connectivity index (χ0v) is 11.5. The van der Waals surface area contributed by atoms with Crippen LogP contribution in [0.25, 0.3) is 0 Å². The zero-order valence-electron chi connectivity index (χ0n) is 9.88. The number of ether oxygens (including phenoxy) is 1. The first kappa shape index (κ1) is 13.0. The monoisotopic (exact) mass is 301 g/mol. The highest BCUT2D eigenvalue weighted by Gasteiger charge is 2.29. The van der Waals surface area contributed by atoms with Gasteiger partial charge in [0.1, 0.15) is 5.82 Å². The lowest BCUT2D eigenvalue weighted by Gasteiger charge is -2.35. The first-order valence-electron chi connectivity index (χ1n) is 5.89. The lowest BCUT2D eigenvalue weighted by atomic mass is 9.82. The summed E-state index contributed by atoms with van der Waals surface area (Å²) in [7, 11) is 1.97. The molecule has 0 bridgehead atoms. The minimum Gasteiger partial charge on any atom is -0.373 e. The fraction of sp³-hybridized carbons (Fsp3) is 0.538. The molecule has 0 atom stereocenters. The van der Waals surface area contributed by atoms with E-state index in [1.807, 2.05) is 7.05 Å².